The van der Waals surface area contributed by atoms with Crippen molar-refractivity contribution < 1.29 is 32.2 Å². The first-order chi connectivity index (χ1) is 18.1. The molecule has 2 aromatic carbocycles. The Morgan fingerprint density at radius 1 is 1.00 bits per heavy atom. The van der Waals surface area contributed by atoms with Crippen molar-refractivity contribution in [1.29, 1.82) is 0 Å². The summed E-state index contributed by atoms with van der Waals surface area (Å²) in [6, 6.07) is 11.1. The molecule has 208 valence electrons. The SMILES string of the molecule is COc1cccc(CN(C(=O)CN(c2cc(OC)ccc2OC)S(C)(=O)=O)[C@@H](C)C(=O)NC2CCCC2)c1. The maximum Gasteiger partial charge on any atom is 0.244 e. The van der Waals surface area contributed by atoms with Gasteiger partial charge in [-0.1, -0.05) is 25.0 Å². The number of hydrogen-bond acceptors (Lipinski definition) is 7. The van der Waals surface area contributed by atoms with Gasteiger partial charge in [0.1, 0.15) is 29.8 Å². The van der Waals surface area contributed by atoms with Gasteiger partial charge in [-0.25, -0.2) is 8.42 Å². The summed E-state index contributed by atoms with van der Waals surface area (Å²) in [6.07, 6.45) is 4.93. The molecule has 1 aliphatic rings. The first kappa shape index (κ1) is 29.1. The standard InChI is InChI=1S/C27H37N3O7S/c1-19(27(32)28-21-10-6-7-11-21)29(17-20-9-8-12-22(15-20)35-2)26(31)18-30(38(5,33)34)24-16-23(36-3)13-14-25(24)37-4/h8-9,12-16,19,21H,6-7,10-11,17-18H2,1-5H3,(H,28,32)/t19-/m0/s1. The Morgan fingerprint density at radius 2 is 1.66 bits per heavy atom. The second kappa shape index (κ2) is 12.9. The third-order valence-corrected chi connectivity index (χ3v) is 7.82. The van der Waals surface area contributed by atoms with E-state index in [1.165, 1.54) is 25.2 Å². The molecule has 0 aliphatic heterocycles. The lowest BCUT2D eigenvalue weighted by molar-refractivity contribution is -0.139. The van der Waals surface area contributed by atoms with Crippen molar-refractivity contribution in [2.24, 2.45) is 0 Å². The Morgan fingerprint density at radius 3 is 2.26 bits per heavy atom. The van der Waals surface area contributed by atoms with Gasteiger partial charge < -0.3 is 24.4 Å². The van der Waals surface area contributed by atoms with E-state index in [0.29, 0.717) is 11.5 Å². The van der Waals surface area contributed by atoms with Crippen LogP contribution in [0.2, 0.25) is 0 Å². The smallest absolute Gasteiger partial charge is 0.244 e. The highest BCUT2D eigenvalue weighted by Gasteiger charge is 2.32. The van der Waals surface area contributed by atoms with E-state index in [-0.39, 0.29) is 29.9 Å². The van der Waals surface area contributed by atoms with Crippen LogP contribution in [0.3, 0.4) is 0 Å². The van der Waals surface area contributed by atoms with Gasteiger partial charge in [-0.3, -0.25) is 13.9 Å². The molecule has 3 rings (SSSR count). The maximum absolute atomic E-state index is 13.8. The van der Waals surface area contributed by atoms with Crippen molar-refractivity contribution in [3.63, 3.8) is 0 Å². The highest BCUT2D eigenvalue weighted by atomic mass is 32.2. The zero-order chi connectivity index (χ0) is 27.9. The largest absolute Gasteiger partial charge is 0.497 e. The summed E-state index contributed by atoms with van der Waals surface area (Å²) in [5.74, 6) is 0.446. The Labute approximate surface area is 224 Å². The number of carbonyl (C=O) groups excluding carboxylic acids is 2. The normalized spacial score (nSPS) is 14.4. The molecule has 2 aromatic rings. The van der Waals surface area contributed by atoms with E-state index in [0.717, 1.165) is 41.8 Å². The van der Waals surface area contributed by atoms with Crippen LogP contribution in [-0.4, -0.2) is 71.3 Å². The molecule has 10 nitrogen and oxygen atoms in total. The van der Waals surface area contributed by atoms with Crippen molar-refractivity contribution >= 4 is 27.5 Å². The van der Waals surface area contributed by atoms with Crippen molar-refractivity contribution in [1.82, 2.24) is 10.2 Å². The molecular weight excluding hydrogens is 510 g/mol. The lowest BCUT2D eigenvalue weighted by Gasteiger charge is -2.32. The Kier molecular flexibility index (Phi) is 9.84. The quantitative estimate of drug-likeness (QED) is 0.435. The first-order valence-corrected chi connectivity index (χ1v) is 14.3. The second-order valence-electron chi connectivity index (χ2n) is 9.35. The van der Waals surface area contributed by atoms with Crippen molar-refractivity contribution in [2.75, 3.05) is 38.4 Å². The van der Waals surface area contributed by atoms with Crippen molar-refractivity contribution in [2.45, 2.75) is 51.2 Å². The van der Waals surface area contributed by atoms with E-state index in [2.05, 4.69) is 5.32 Å². The number of amides is 2. The number of methoxy groups -OCH3 is 3. The van der Waals surface area contributed by atoms with E-state index in [1.807, 2.05) is 6.07 Å². The van der Waals surface area contributed by atoms with E-state index in [4.69, 9.17) is 14.2 Å². The number of hydrogen-bond donors (Lipinski definition) is 1. The number of ether oxygens (including phenoxy) is 3. The van der Waals surface area contributed by atoms with E-state index in [9.17, 15) is 18.0 Å². The van der Waals surface area contributed by atoms with Crippen LogP contribution in [0.25, 0.3) is 0 Å². The van der Waals surface area contributed by atoms with Crippen LogP contribution in [0.15, 0.2) is 42.5 Å². The molecular formula is C27H37N3O7S. The molecule has 38 heavy (non-hydrogen) atoms. The molecule has 1 fully saturated rings. The fourth-order valence-corrected chi connectivity index (χ4v) is 5.37. The first-order valence-electron chi connectivity index (χ1n) is 12.5. The summed E-state index contributed by atoms with van der Waals surface area (Å²) in [5, 5.41) is 3.04. The van der Waals surface area contributed by atoms with Crippen LogP contribution < -0.4 is 23.8 Å². The van der Waals surface area contributed by atoms with Crippen LogP contribution in [0.1, 0.15) is 38.2 Å². The lowest BCUT2D eigenvalue weighted by Crippen LogP contribution is -2.52. The number of carbonyl (C=O) groups is 2. The van der Waals surface area contributed by atoms with Gasteiger partial charge in [0.05, 0.1) is 33.3 Å². The van der Waals surface area contributed by atoms with E-state index in [1.54, 1.807) is 44.4 Å². The number of benzene rings is 2. The average molecular weight is 548 g/mol. The minimum Gasteiger partial charge on any atom is -0.497 e. The van der Waals surface area contributed by atoms with Gasteiger partial charge in [0.15, 0.2) is 0 Å². The predicted octanol–water partition coefficient (Wildman–Crippen LogP) is 2.95. The summed E-state index contributed by atoms with van der Waals surface area (Å²) >= 11 is 0. The van der Waals surface area contributed by atoms with Gasteiger partial charge in [-0.05, 0) is 49.6 Å². The third kappa shape index (κ3) is 7.31. The second-order valence-corrected chi connectivity index (χ2v) is 11.3. The third-order valence-electron chi connectivity index (χ3n) is 6.69. The minimum atomic E-state index is -3.92. The summed E-state index contributed by atoms with van der Waals surface area (Å²) < 4.78 is 42.7. The molecule has 0 bridgehead atoms. The molecule has 1 aliphatic carbocycles. The van der Waals surface area contributed by atoms with Crippen LogP contribution in [0.4, 0.5) is 5.69 Å². The Bertz CT molecular complexity index is 1230. The van der Waals surface area contributed by atoms with E-state index < -0.39 is 28.5 Å². The van der Waals surface area contributed by atoms with Gasteiger partial charge >= 0.3 is 0 Å². The number of sulfonamides is 1. The van der Waals surface area contributed by atoms with E-state index >= 15 is 0 Å². The van der Waals surface area contributed by atoms with Crippen molar-refractivity contribution in [3.05, 3.63) is 48.0 Å². The van der Waals surface area contributed by atoms with Crippen LogP contribution >= 0.6 is 0 Å². The molecule has 0 aromatic heterocycles. The number of rotatable bonds is 12. The van der Waals surface area contributed by atoms with Gasteiger partial charge in [0.25, 0.3) is 0 Å². The van der Waals surface area contributed by atoms with Crippen LogP contribution in [-0.2, 0) is 26.2 Å². The zero-order valence-corrected chi connectivity index (χ0v) is 23.4. The predicted molar refractivity (Wildman–Crippen MR) is 145 cm³/mol. The molecule has 0 saturated heterocycles. The fourth-order valence-electron chi connectivity index (χ4n) is 4.53. The van der Waals surface area contributed by atoms with Gasteiger partial charge in [-0.15, -0.1) is 0 Å². The number of anilines is 1. The maximum atomic E-state index is 13.8. The lowest BCUT2D eigenvalue weighted by atomic mass is 10.1. The molecule has 0 spiro atoms. The molecule has 0 radical (unpaired) electrons. The molecule has 2 amide bonds. The summed E-state index contributed by atoms with van der Waals surface area (Å²) in [4.78, 5) is 28.4. The zero-order valence-electron chi connectivity index (χ0n) is 22.6. The topological polar surface area (TPSA) is 114 Å². The molecule has 11 heteroatoms. The number of nitrogens with one attached hydrogen (secondary N) is 1. The molecule has 1 atom stereocenters. The molecule has 1 N–H and O–H groups in total. The van der Waals surface area contributed by atoms with Gasteiger partial charge in [0, 0.05) is 18.7 Å². The highest BCUT2D eigenvalue weighted by Crippen LogP contribution is 2.34. The van der Waals surface area contributed by atoms with Gasteiger partial charge in [-0.2, -0.15) is 0 Å². The van der Waals surface area contributed by atoms with Gasteiger partial charge in [0.2, 0.25) is 21.8 Å². The summed E-state index contributed by atoms with van der Waals surface area (Å²) in [6.45, 7) is 1.20. The Balaban J connectivity index is 1.95. The van der Waals surface area contributed by atoms with Crippen LogP contribution in [0, 0.1) is 0 Å². The Hall–Kier alpha value is -3.47. The number of nitrogens with zero attached hydrogens (tertiary/aromatic N) is 2. The summed E-state index contributed by atoms with van der Waals surface area (Å²) in [5.41, 5.74) is 0.898. The highest BCUT2D eigenvalue weighted by molar-refractivity contribution is 7.92. The molecule has 0 heterocycles. The van der Waals surface area contributed by atoms with Crippen molar-refractivity contribution in [3.8, 4) is 17.2 Å². The minimum absolute atomic E-state index is 0.0762. The summed E-state index contributed by atoms with van der Waals surface area (Å²) in [7, 11) is 0.499. The average Bonchev–Trinajstić information content (AvgIpc) is 3.41. The molecule has 1 saturated carbocycles. The monoisotopic (exact) mass is 547 g/mol. The fraction of sp³-hybridized carbons (Fsp3) is 0.481. The van der Waals surface area contributed by atoms with Crippen LogP contribution in [0.5, 0.6) is 17.2 Å². The molecule has 0 unspecified atom stereocenters.